The van der Waals surface area contributed by atoms with Gasteiger partial charge in [0.25, 0.3) is 0 Å². The molecule has 2 aromatic rings. The van der Waals surface area contributed by atoms with Crippen LogP contribution in [0.25, 0.3) is 11.0 Å². The number of imidazole rings is 1. The normalized spacial score (nSPS) is 9.83. The van der Waals surface area contributed by atoms with Crippen LogP contribution in [0.1, 0.15) is 5.82 Å². The third kappa shape index (κ3) is 1.07. The van der Waals surface area contributed by atoms with Crippen LogP contribution in [0.4, 0.5) is 4.70 Å². The summed E-state index contributed by atoms with van der Waals surface area (Å²) in [5.41, 5.74) is 2.28. The standard InChI is InChI=1S/C9H10N2.FH/c1-7-10-8-5-3-4-6-9(8)11(7)2;/h3-6H,1-2H3;1H. The summed E-state index contributed by atoms with van der Waals surface area (Å²) in [5, 5.41) is 0. The summed E-state index contributed by atoms with van der Waals surface area (Å²) < 4.78 is 2.09. The first-order valence-electron chi connectivity index (χ1n) is 3.67. The summed E-state index contributed by atoms with van der Waals surface area (Å²) >= 11 is 0. The molecular formula is C9H11FN2. The van der Waals surface area contributed by atoms with Gasteiger partial charge in [-0.05, 0) is 19.1 Å². The number of rotatable bonds is 0. The predicted molar refractivity (Wildman–Crippen MR) is 48.0 cm³/mol. The van der Waals surface area contributed by atoms with Crippen molar-refractivity contribution in [2.24, 2.45) is 7.05 Å². The van der Waals surface area contributed by atoms with Crippen molar-refractivity contribution in [1.29, 1.82) is 0 Å². The number of nitrogens with zero attached hydrogens (tertiary/aromatic N) is 2. The molecule has 0 saturated heterocycles. The van der Waals surface area contributed by atoms with Gasteiger partial charge in [0, 0.05) is 7.05 Å². The fraction of sp³-hybridized carbons (Fsp3) is 0.222. The monoisotopic (exact) mass is 166 g/mol. The molecule has 0 bridgehead atoms. The summed E-state index contributed by atoms with van der Waals surface area (Å²) in [6.45, 7) is 2.01. The number of benzene rings is 1. The maximum absolute atomic E-state index is 4.38. The van der Waals surface area contributed by atoms with Crippen molar-refractivity contribution in [3.05, 3.63) is 30.1 Å². The number of fused-ring (bicyclic) bond motifs is 1. The van der Waals surface area contributed by atoms with Crippen LogP contribution < -0.4 is 0 Å². The Morgan fingerprint density at radius 2 is 1.92 bits per heavy atom. The van der Waals surface area contributed by atoms with E-state index in [2.05, 4.69) is 15.6 Å². The molecule has 64 valence electrons. The Morgan fingerprint density at radius 1 is 1.25 bits per heavy atom. The van der Waals surface area contributed by atoms with Crippen molar-refractivity contribution >= 4 is 11.0 Å². The van der Waals surface area contributed by atoms with E-state index < -0.39 is 0 Å². The first kappa shape index (κ1) is 8.71. The second-order valence-electron chi connectivity index (χ2n) is 2.71. The fourth-order valence-corrected chi connectivity index (χ4v) is 1.27. The molecule has 1 aromatic heterocycles. The Kier molecular flexibility index (Phi) is 2.13. The highest BCUT2D eigenvalue weighted by Crippen LogP contribution is 2.12. The van der Waals surface area contributed by atoms with Crippen molar-refractivity contribution in [2.75, 3.05) is 0 Å². The van der Waals surface area contributed by atoms with E-state index in [1.165, 1.54) is 5.52 Å². The van der Waals surface area contributed by atoms with Gasteiger partial charge in [-0.15, -0.1) is 0 Å². The molecule has 2 nitrogen and oxygen atoms in total. The smallest absolute Gasteiger partial charge is 0.106 e. The molecule has 0 aliphatic rings. The average Bonchev–Trinajstić information content (AvgIpc) is 2.30. The number of hydrogen-bond donors (Lipinski definition) is 0. The summed E-state index contributed by atoms with van der Waals surface area (Å²) in [6, 6.07) is 8.15. The van der Waals surface area contributed by atoms with E-state index in [0.29, 0.717) is 0 Å². The molecule has 0 spiro atoms. The van der Waals surface area contributed by atoms with Crippen molar-refractivity contribution < 1.29 is 4.70 Å². The van der Waals surface area contributed by atoms with E-state index in [4.69, 9.17) is 0 Å². The van der Waals surface area contributed by atoms with Crippen LogP contribution in [-0.4, -0.2) is 9.55 Å². The second kappa shape index (κ2) is 2.93. The summed E-state index contributed by atoms with van der Waals surface area (Å²) in [6.07, 6.45) is 0. The molecule has 0 N–H and O–H groups in total. The number of halogens is 1. The lowest BCUT2D eigenvalue weighted by Crippen LogP contribution is -1.89. The molecule has 0 radical (unpaired) electrons. The molecule has 0 saturated carbocycles. The maximum atomic E-state index is 4.38. The van der Waals surface area contributed by atoms with Crippen LogP contribution in [0.15, 0.2) is 24.3 Å². The fourth-order valence-electron chi connectivity index (χ4n) is 1.27. The van der Waals surface area contributed by atoms with E-state index in [9.17, 15) is 0 Å². The van der Waals surface area contributed by atoms with Gasteiger partial charge in [0.1, 0.15) is 5.82 Å². The third-order valence-electron chi connectivity index (χ3n) is 2.01. The lowest BCUT2D eigenvalue weighted by molar-refractivity contribution is 0.886. The highest BCUT2D eigenvalue weighted by molar-refractivity contribution is 5.75. The van der Waals surface area contributed by atoms with Crippen molar-refractivity contribution in [3.63, 3.8) is 0 Å². The third-order valence-corrected chi connectivity index (χ3v) is 2.01. The molecule has 1 aromatic carbocycles. The number of para-hydroxylation sites is 2. The zero-order chi connectivity index (χ0) is 7.84. The predicted octanol–water partition coefficient (Wildman–Crippen LogP) is 2.03. The Balaban J connectivity index is 0.000000720. The van der Waals surface area contributed by atoms with Gasteiger partial charge >= 0.3 is 0 Å². The SMILES string of the molecule is Cc1nc2ccccc2n1C.F. The molecule has 12 heavy (non-hydrogen) atoms. The van der Waals surface area contributed by atoms with Gasteiger partial charge in [-0.2, -0.15) is 0 Å². The highest BCUT2D eigenvalue weighted by Gasteiger charge is 2.00. The van der Waals surface area contributed by atoms with Crippen LogP contribution in [0.3, 0.4) is 0 Å². The molecule has 1 heterocycles. The number of hydrogen-bond acceptors (Lipinski definition) is 1. The number of aromatic nitrogens is 2. The minimum absolute atomic E-state index is 0. The van der Waals surface area contributed by atoms with Crippen molar-refractivity contribution in [1.82, 2.24) is 9.55 Å². The van der Waals surface area contributed by atoms with Crippen LogP contribution in [0.2, 0.25) is 0 Å². The van der Waals surface area contributed by atoms with E-state index in [-0.39, 0.29) is 4.70 Å². The van der Waals surface area contributed by atoms with E-state index in [0.717, 1.165) is 11.3 Å². The van der Waals surface area contributed by atoms with Gasteiger partial charge in [0.05, 0.1) is 11.0 Å². The van der Waals surface area contributed by atoms with Crippen LogP contribution in [0, 0.1) is 6.92 Å². The van der Waals surface area contributed by atoms with Gasteiger partial charge < -0.3 is 4.57 Å². The molecule has 0 fully saturated rings. The molecule has 0 unspecified atom stereocenters. The first-order valence-corrected chi connectivity index (χ1v) is 3.67. The zero-order valence-electron chi connectivity index (χ0n) is 7.11. The van der Waals surface area contributed by atoms with Crippen LogP contribution in [0.5, 0.6) is 0 Å². The highest BCUT2D eigenvalue weighted by atomic mass is 19.0. The average molecular weight is 166 g/mol. The largest absolute Gasteiger partial charge is 0.331 e. The van der Waals surface area contributed by atoms with E-state index in [1.54, 1.807) is 0 Å². The molecule has 0 aliphatic carbocycles. The molecule has 0 atom stereocenters. The zero-order valence-corrected chi connectivity index (χ0v) is 7.11. The first-order chi connectivity index (χ1) is 5.29. The minimum atomic E-state index is 0. The van der Waals surface area contributed by atoms with Gasteiger partial charge in [-0.25, -0.2) is 4.98 Å². The molecule has 3 heteroatoms. The molecule has 2 rings (SSSR count). The number of aryl methyl sites for hydroxylation is 2. The van der Waals surface area contributed by atoms with Gasteiger partial charge in [0.15, 0.2) is 0 Å². The maximum Gasteiger partial charge on any atom is 0.106 e. The van der Waals surface area contributed by atoms with Gasteiger partial charge in [0.2, 0.25) is 0 Å². The van der Waals surface area contributed by atoms with Crippen molar-refractivity contribution in [2.45, 2.75) is 6.92 Å². The Morgan fingerprint density at radius 3 is 2.58 bits per heavy atom. The minimum Gasteiger partial charge on any atom is -0.331 e. The molecule has 0 aliphatic heterocycles. The lowest BCUT2D eigenvalue weighted by atomic mass is 10.3. The van der Waals surface area contributed by atoms with Gasteiger partial charge in [-0.3, -0.25) is 4.70 Å². The van der Waals surface area contributed by atoms with Gasteiger partial charge in [-0.1, -0.05) is 12.1 Å². The lowest BCUT2D eigenvalue weighted by Gasteiger charge is -1.93. The van der Waals surface area contributed by atoms with E-state index in [1.807, 2.05) is 32.2 Å². The van der Waals surface area contributed by atoms with Crippen molar-refractivity contribution in [3.8, 4) is 0 Å². The van der Waals surface area contributed by atoms with Crippen LogP contribution in [-0.2, 0) is 7.05 Å². The second-order valence-corrected chi connectivity index (χ2v) is 2.71. The Hall–Kier alpha value is -1.38. The summed E-state index contributed by atoms with van der Waals surface area (Å²) in [7, 11) is 2.03. The molecular weight excluding hydrogens is 155 g/mol. The quantitative estimate of drug-likeness (QED) is 0.585. The topological polar surface area (TPSA) is 17.8 Å². The molecule has 0 amide bonds. The van der Waals surface area contributed by atoms with E-state index >= 15 is 0 Å². The summed E-state index contributed by atoms with van der Waals surface area (Å²) in [4.78, 5) is 4.38. The Labute approximate surface area is 70.2 Å². The van der Waals surface area contributed by atoms with Crippen LogP contribution >= 0.6 is 0 Å². The summed E-state index contributed by atoms with van der Waals surface area (Å²) in [5.74, 6) is 1.06. The Bertz CT molecular complexity index is 392.